The highest BCUT2D eigenvalue weighted by Gasteiger charge is 2.34. The first kappa shape index (κ1) is 16.4. The quantitative estimate of drug-likeness (QED) is 0.921. The van der Waals surface area contributed by atoms with Gasteiger partial charge in [-0.25, -0.2) is 9.97 Å². The Morgan fingerprint density at radius 2 is 2.04 bits per heavy atom. The third-order valence-electron chi connectivity index (χ3n) is 4.00. The molecule has 124 valence electrons. The van der Waals surface area contributed by atoms with Crippen LogP contribution >= 0.6 is 11.6 Å². The number of hydrogen-bond donors (Lipinski definition) is 1. The number of aromatic nitrogens is 2. The third kappa shape index (κ3) is 3.71. The standard InChI is InChI=1S/C17H17ClN4O2/c18-13-5-3-12(4-6-13)10-20-16(23)15-2-1-9-22(15)17(24)14-7-8-19-11-21-14/h3-8,11,15H,1-2,9-10H2,(H,20,23)/t15-/m0/s1. The molecule has 2 heterocycles. The van der Waals surface area contributed by atoms with Crippen LogP contribution in [0.4, 0.5) is 0 Å². The third-order valence-corrected chi connectivity index (χ3v) is 4.25. The van der Waals surface area contributed by atoms with E-state index in [4.69, 9.17) is 11.6 Å². The number of rotatable bonds is 4. The minimum Gasteiger partial charge on any atom is -0.350 e. The minimum atomic E-state index is -0.459. The molecular formula is C17H17ClN4O2. The fraction of sp³-hybridized carbons (Fsp3) is 0.294. The second-order valence-corrected chi connectivity index (χ2v) is 6.03. The van der Waals surface area contributed by atoms with Gasteiger partial charge in [0.1, 0.15) is 18.1 Å². The van der Waals surface area contributed by atoms with Gasteiger partial charge in [0.2, 0.25) is 5.91 Å². The Morgan fingerprint density at radius 1 is 1.25 bits per heavy atom. The van der Waals surface area contributed by atoms with Gasteiger partial charge in [-0.3, -0.25) is 9.59 Å². The van der Waals surface area contributed by atoms with Gasteiger partial charge in [0.25, 0.3) is 5.91 Å². The second kappa shape index (κ2) is 7.40. The fourth-order valence-corrected chi connectivity index (χ4v) is 2.88. The topological polar surface area (TPSA) is 75.2 Å². The largest absolute Gasteiger partial charge is 0.350 e. The molecule has 1 saturated heterocycles. The van der Waals surface area contributed by atoms with Gasteiger partial charge < -0.3 is 10.2 Å². The highest BCUT2D eigenvalue weighted by atomic mass is 35.5. The first-order valence-electron chi connectivity index (χ1n) is 7.74. The number of benzene rings is 1. The average molecular weight is 345 g/mol. The molecule has 1 atom stereocenters. The first-order chi connectivity index (χ1) is 11.6. The molecule has 2 aromatic rings. The van der Waals surface area contributed by atoms with Crippen molar-refractivity contribution in [1.29, 1.82) is 0 Å². The maximum atomic E-state index is 12.5. The molecular weight excluding hydrogens is 328 g/mol. The van der Waals surface area contributed by atoms with Crippen molar-refractivity contribution in [2.24, 2.45) is 0 Å². The lowest BCUT2D eigenvalue weighted by atomic mass is 10.1. The van der Waals surface area contributed by atoms with Gasteiger partial charge in [-0.15, -0.1) is 0 Å². The summed E-state index contributed by atoms with van der Waals surface area (Å²) >= 11 is 5.85. The highest BCUT2D eigenvalue weighted by Crippen LogP contribution is 2.20. The zero-order valence-corrected chi connectivity index (χ0v) is 13.7. The van der Waals surface area contributed by atoms with Gasteiger partial charge in [0.15, 0.2) is 0 Å². The van der Waals surface area contributed by atoms with E-state index in [-0.39, 0.29) is 11.8 Å². The monoisotopic (exact) mass is 344 g/mol. The summed E-state index contributed by atoms with van der Waals surface area (Å²) in [6, 6.07) is 8.39. The van der Waals surface area contributed by atoms with Crippen molar-refractivity contribution in [3.8, 4) is 0 Å². The Hall–Kier alpha value is -2.47. The predicted octanol–water partition coefficient (Wildman–Crippen LogP) is 2.05. The van der Waals surface area contributed by atoms with Crippen LogP contribution in [0.2, 0.25) is 5.02 Å². The van der Waals surface area contributed by atoms with E-state index in [9.17, 15) is 9.59 Å². The molecule has 1 aliphatic heterocycles. The van der Waals surface area contributed by atoms with Crippen molar-refractivity contribution < 1.29 is 9.59 Å². The first-order valence-corrected chi connectivity index (χ1v) is 8.12. The summed E-state index contributed by atoms with van der Waals surface area (Å²) < 4.78 is 0. The summed E-state index contributed by atoms with van der Waals surface area (Å²) in [6.45, 7) is 0.962. The van der Waals surface area contributed by atoms with Gasteiger partial charge in [-0.05, 0) is 36.6 Å². The highest BCUT2D eigenvalue weighted by molar-refractivity contribution is 6.30. The second-order valence-electron chi connectivity index (χ2n) is 5.60. The lowest BCUT2D eigenvalue weighted by Crippen LogP contribution is -2.45. The zero-order valence-electron chi connectivity index (χ0n) is 13.0. The Morgan fingerprint density at radius 3 is 2.75 bits per heavy atom. The summed E-state index contributed by atoms with van der Waals surface area (Å²) in [7, 11) is 0. The molecule has 0 saturated carbocycles. The summed E-state index contributed by atoms with van der Waals surface area (Å²) in [5, 5.41) is 3.54. The lowest BCUT2D eigenvalue weighted by molar-refractivity contribution is -0.125. The number of carbonyl (C=O) groups is 2. The van der Waals surface area contributed by atoms with Gasteiger partial charge in [-0.1, -0.05) is 23.7 Å². The van der Waals surface area contributed by atoms with Crippen LogP contribution in [-0.2, 0) is 11.3 Å². The molecule has 0 radical (unpaired) electrons. The lowest BCUT2D eigenvalue weighted by Gasteiger charge is -2.23. The van der Waals surface area contributed by atoms with E-state index in [1.54, 1.807) is 23.1 Å². The summed E-state index contributed by atoms with van der Waals surface area (Å²) in [4.78, 5) is 34.3. The van der Waals surface area contributed by atoms with Crippen molar-refractivity contribution in [3.63, 3.8) is 0 Å². The fourth-order valence-electron chi connectivity index (χ4n) is 2.76. The zero-order chi connectivity index (χ0) is 16.9. The molecule has 1 aliphatic rings. The van der Waals surface area contributed by atoms with Crippen molar-refractivity contribution in [2.75, 3.05) is 6.54 Å². The number of hydrogen-bond acceptors (Lipinski definition) is 4. The molecule has 0 unspecified atom stereocenters. The van der Waals surface area contributed by atoms with E-state index < -0.39 is 6.04 Å². The molecule has 1 fully saturated rings. The molecule has 1 N–H and O–H groups in total. The van der Waals surface area contributed by atoms with Crippen molar-refractivity contribution in [3.05, 3.63) is 59.1 Å². The number of halogens is 1. The van der Waals surface area contributed by atoms with Crippen LogP contribution < -0.4 is 5.32 Å². The van der Waals surface area contributed by atoms with Gasteiger partial charge in [-0.2, -0.15) is 0 Å². The Bertz CT molecular complexity index is 721. The van der Waals surface area contributed by atoms with Crippen molar-refractivity contribution in [1.82, 2.24) is 20.2 Å². The van der Waals surface area contributed by atoms with Crippen LogP contribution in [0, 0.1) is 0 Å². The maximum absolute atomic E-state index is 12.5. The minimum absolute atomic E-state index is 0.148. The molecule has 6 nitrogen and oxygen atoms in total. The van der Waals surface area contributed by atoms with Gasteiger partial charge in [0, 0.05) is 24.3 Å². The van der Waals surface area contributed by atoms with E-state index >= 15 is 0 Å². The van der Waals surface area contributed by atoms with E-state index in [0.717, 1.165) is 12.0 Å². The maximum Gasteiger partial charge on any atom is 0.273 e. The number of nitrogens with zero attached hydrogens (tertiary/aromatic N) is 3. The Kier molecular flexibility index (Phi) is 5.05. The summed E-state index contributed by atoms with van der Waals surface area (Å²) in [5.74, 6) is -0.383. The van der Waals surface area contributed by atoms with E-state index in [0.29, 0.717) is 30.2 Å². The summed E-state index contributed by atoms with van der Waals surface area (Å²) in [5.41, 5.74) is 1.27. The van der Waals surface area contributed by atoms with Crippen LogP contribution in [0.3, 0.4) is 0 Å². The SMILES string of the molecule is O=C(NCc1ccc(Cl)cc1)[C@@H]1CCCN1C(=O)c1ccncn1. The van der Waals surface area contributed by atoms with Crippen LogP contribution in [0.1, 0.15) is 28.9 Å². The van der Waals surface area contributed by atoms with Crippen molar-refractivity contribution >= 4 is 23.4 Å². The number of amides is 2. The Labute approximate surface area is 144 Å². The molecule has 2 amide bonds. The molecule has 0 bridgehead atoms. The average Bonchev–Trinajstić information content (AvgIpc) is 3.11. The van der Waals surface area contributed by atoms with Gasteiger partial charge in [0.05, 0.1) is 0 Å². The molecule has 0 spiro atoms. The molecule has 24 heavy (non-hydrogen) atoms. The van der Waals surface area contributed by atoms with E-state index in [2.05, 4.69) is 15.3 Å². The molecule has 1 aromatic carbocycles. The number of nitrogens with one attached hydrogen (secondary N) is 1. The molecule has 3 rings (SSSR count). The van der Waals surface area contributed by atoms with Crippen LogP contribution in [0.25, 0.3) is 0 Å². The number of carbonyl (C=O) groups excluding carboxylic acids is 2. The van der Waals surface area contributed by atoms with Crippen LogP contribution in [0.5, 0.6) is 0 Å². The Balaban J connectivity index is 1.63. The predicted molar refractivity (Wildman–Crippen MR) is 89.4 cm³/mol. The normalized spacial score (nSPS) is 16.9. The van der Waals surface area contributed by atoms with Gasteiger partial charge >= 0.3 is 0 Å². The molecule has 1 aromatic heterocycles. The van der Waals surface area contributed by atoms with Crippen molar-refractivity contribution in [2.45, 2.75) is 25.4 Å². The van der Waals surface area contributed by atoms with Crippen LogP contribution in [0.15, 0.2) is 42.9 Å². The molecule has 0 aliphatic carbocycles. The smallest absolute Gasteiger partial charge is 0.273 e. The summed E-state index contributed by atoms with van der Waals surface area (Å²) in [6.07, 6.45) is 4.31. The van der Waals surface area contributed by atoms with Crippen LogP contribution in [-0.4, -0.2) is 39.3 Å². The molecule has 7 heteroatoms. The van der Waals surface area contributed by atoms with E-state index in [1.165, 1.54) is 12.5 Å². The number of likely N-dealkylation sites (tertiary alicyclic amines) is 1. The van der Waals surface area contributed by atoms with E-state index in [1.807, 2.05) is 12.1 Å².